The molecule has 0 radical (unpaired) electrons. The summed E-state index contributed by atoms with van der Waals surface area (Å²) >= 11 is 0. The minimum Gasteiger partial charge on any atom is -0.349 e. The van der Waals surface area contributed by atoms with Crippen molar-refractivity contribution in [3.8, 4) is 0 Å². The van der Waals surface area contributed by atoms with Crippen LogP contribution in [0.4, 0.5) is 4.39 Å². The second-order valence-corrected chi connectivity index (χ2v) is 7.78. The minimum atomic E-state index is -3.70. The van der Waals surface area contributed by atoms with Crippen LogP contribution in [0.25, 0.3) is 0 Å². The molecule has 0 aliphatic heterocycles. The zero-order valence-corrected chi connectivity index (χ0v) is 14.4. The number of carbonyl (C=O) groups is 1. The molecule has 5 nitrogen and oxygen atoms in total. The molecule has 1 aliphatic rings. The summed E-state index contributed by atoms with van der Waals surface area (Å²) in [6.45, 7) is 0.0905. The summed E-state index contributed by atoms with van der Waals surface area (Å²) in [6.07, 6.45) is 2.24. The van der Waals surface area contributed by atoms with E-state index >= 15 is 0 Å². The van der Waals surface area contributed by atoms with Gasteiger partial charge in [-0.3, -0.25) is 4.79 Å². The Balaban J connectivity index is 1.59. The average Bonchev–Trinajstić information content (AvgIpc) is 3.40. The van der Waals surface area contributed by atoms with E-state index in [1.54, 1.807) is 18.2 Å². The molecule has 0 heterocycles. The van der Waals surface area contributed by atoms with Gasteiger partial charge in [-0.1, -0.05) is 18.2 Å². The van der Waals surface area contributed by atoms with E-state index in [-0.39, 0.29) is 35.6 Å². The van der Waals surface area contributed by atoms with Crippen molar-refractivity contribution >= 4 is 15.9 Å². The second kappa shape index (κ2) is 7.33. The van der Waals surface area contributed by atoms with E-state index in [1.165, 1.54) is 30.3 Å². The van der Waals surface area contributed by atoms with Crippen molar-refractivity contribution in [3.05, 3.63) is 65.5 Å². The van der Waals surface area contributed by atoms with Gasteiger partial charge in [-0.25, -0.2) is 17.5 Å². The van der Waals surface area contributed by atoms with E-state index in [1.807, 2.05) is 0 Å². The number of nitrogens with one attached hydrogen (secondary N) is 2. The quantitative estimate of drug-likeness (QED) is 0.793. The van der Waals surface area contributed by atoms with Crippen molar-refractivity contribution in [2.75, 3.05) is 6.54 Å². The smallest absolute Gasteiger partial charge is 0.251 e. The number of hydrogen-bond acceptors (Lipinski definition) is 3. The topological polar surface area (TPSA) is 75.3 Å². The monoisotopic (exact) mass is 362 g/mol. The van der Waals surface area contributed by atoms with Gasteiger partial charge in [0.2, 0.25) is 10.0 Å². The molecule has 2 N–H and O–H groups in total. The van der Waals surface area contributed by atoms with Crippen molar-refractivity contribution in [2.24, 2.45) is 0 Å². The molecule has 0 unspecified atom stereocenters. The molecule has 2 aromatic carbocycles. The Kier molecular flexibility index (Phi) is 5.15. The van der Waals surface area contributed by atoms with Crippen LogP contribution in [0.2, 0.25) is 0 Å². The maximum Gasteiger partial charge on any atom is 0.251 e. The van der Waals surface area contributed by atoms with Crippen LogP contribution >= 0.6 is 0 Å². The minimum absolute atomic E-state index is 0.0732. The van der Waals surface area contributed by atoms with Crippen molar-refractivity contribution < 1.29 is 17.6 Å². The van der Waals surface area contributed by atoms with Crippen molar-refractivity contribution in [1.29, 1.82) is 0 Å². The van der Waals surface area contributed by atoms with Crippen LogP contribution in [0.15, 0.2) is 53.4 Å². The number of halogens is 1. The fraction of sp³-hybridized carbons (Fsp3) is 0.278. The molecule has 0 aromatic heterocycles. The lowest BCUT2D eigenvalue weighted by atomic mass is 10.1. The summed E-state index contributed by atoms with van der Waals surface area (Å²) < 4.78 is 40.5. The first kappa shape index (κ1) is 17.6. The van der Waals surface area contributed by atoms with Crippen LogP contribution in [0.3, 0.4) is 0 Å². The van der Waals surface area contributed by atoms with Crippen molar-refractivity contribution in [1.82, 2.24) is 10.0 Å². The van der Waals surface area contributed by atoms with Gasteiger partial charge < -0.3 is 5.32 Å². The number of sulfonamides is 1. The summed E-state index contributed by atoms with van der Waals surface area (Å²) in [4.78, 5) is 12.0. The Morgan fingerprint density at radius 2 is 1.76 bits per heavy atom. The highest BCUT2D eigenvalue weighted by Gasteiger charge is 2.24. The standard InChI is InChI=1S/C18H19FN2O3S/c19-17-4-2-1-3-13(17)11-12-20-25(23,24)16-9-5-14(6-10-16)18(22)21-15-7-8-15/h1-6,9-10,15,20H,7-8,11-12H2,(H,21,22). The summed E-state index contributed by atoms with van der Waals surface area (Å²) in [6, 6.07) is 12.3. The Hall–Kier alpha value is -2.25. The van der Waals surface area contributed by atoms with Gasteiger partial charge in [0.05, 0.1) is 4.90 Å². The first-order valence-corrected chi connectivity index (χ1v) is 9.58. The molecule has 1 saturated carbocycles. The predicted molar refractivity (Wildman–Crippen MR) is 92.2 cm³/mol. The van der Waals surface area contributed by atoms with Gasteiger partial charge in [0, 0.05) is 18.2 Å². The molecule has 0 atom stereocenters. The summed E-state index contributed by atoms with van der Waals surface area (Å²) in [5.74, 6) is -0.549. The van der Waals surface area contributed by atoms with Gasteiger partial charge in [-0.15, -0.1) is 0 Å². The van der Waals surface area contributed by atoms with Crippen LogP contribution < -0.4 is 10.0 Å². The van der Waals surface area contributed by atoms with Crippen LogP contribution in [-0.2, 0) is 16.4 Å². The number of hydrogen-bond donors (Lipinski definition) is 2. The van der Waals surface area contributed by atoms with Gasteiger partial charge >= 0.3 is 0 Å². The molecule has 3 rings (SSSR count). The van der Waals surface area contributed by atoms with Gasteiger partial charge in [-0.2, -0.15) is 0 Å². The Labute approximate surface area is 146 Å². The van der Waals surface area contributed by atoms with Crippen LogP contribution in [0.5, 0.6) is 0 Å². The van der Waals surface area contributed by atoms with Crippen molar-refractivity contribution in [3.63, 3.8) is 0 Å². The highest BCUT2D eigenvalue weighted by molar-refractivity contribution is 7.89. The highest BCUT2D eigenvalue weighted by Crippen LogP contribution is 2.19. The van der Waals surface area contributed by atoms with E-state index < -0.39 is 10.0 Å². The normalized spacial score (nSPS) is 14.3. The molecule has 1 amide bonds. The Morgan fingerprint density at radius 1 is 1.08 bits per heavy atom. The lowest BCUT2D eigenvalue weighted by Gasteiger charge is -2.08. The zero-order valence-electron chi connectivity index (χ0n) is 13.5. The van der Waals surface area contributed by atoms with E-state index in [4.69, 9.17) is 0 Å². The van der Waals surface area contributed by atoms with Gasteiger partial charge in [0.25, 0.3) is 5.91 Å². The fourth-order valence-corrected chi connectivity index (χ4v) is 3.42. The molecule has 0 saturated heterocycles. The number of benzene rings is 2. The SMILES string of the molecule is O=C(NC1CC1)c1ccc(S(=O)(=O)NCCc2ccccc2F)cc1. The molecule has 1 aliphatic carbocycles. The fourth-order valence-electron chi connectivity index (χ4n) is 2.39. The van der Waals surface area contributed by atoms with E-state index in [0.29, 0.717) is 11.1 Å². The molecule has 0 spiro atoms. The first-order chi connectivity index (χ1) is 12.0. The molecule has 132 valence electrons. The van der Waals surface area contributed by atoms with Crippen molar-refractivity contribution in [2.45, 2.75) is 30.2 Å². The van der Waals surface area contributed by atoms with Gasteiger partial charge in [-0.05, 0) is 55.2 Å². The Morgan fingerprint density at radius 3 is 2.40 bits per heavy atom. The predicted octanol–water partition coefficient (Wildman–Crippen LogP) is 2.24. The van der Waals surface area contributed by atoms with Crippen LogP contribution in [0, 0.1) is 5.82 Å². The first-order valence-electron chi connectivity index (χ1n) is 8.10. The van der Waals surface area contributed by atoms with Crippen LogP contribution in [0.1, 0.15) is 28.8 Å². The second-order valence-electron chi connectivity index (χ2n) is 6.01. The third kappa shape index (κ3) is 4.64. The maximum atomic E-state index is 13.5. The third-order valence-electron chi connectivity index (χ3n) is 3.98. The van der Waals surface area contributed by atoms with E-state index in [0.717, 1.165) is 12.8 Å². The van der Waals surface area contributed by atoms with Crippen LogP contribution in [-0.4, -0.2) is 26.9 Å². The number of carbonyl (C=O) groups excluding carboxylic acids is 1. The molecule has 25 heavy (non-hydrogen) atoms. The van der Waals surface area contributed by atoms with E-state index in [9.17, 15) is 17.6 Å². The average molecular weight is 362 g/mol. The Bertz CT molecular complexity index is 862. The number of rotatable bonds is 7. The summed E-state index contributed by atoms with van der Waals surface area (Å²) in [5.41, 5.74) is 0.884. The van der Waals surface area contributed by atoms with Gasteiger partial charge in [0.15, 0.2) is 0 Å². The number of amides is 1. The maximum absolute atomic E-state index is 13.5. The lowest BCUT2D eigenvalue weighted by molar-refractivity contribution is 0.0951. The third-order valence-corrected chi connectivity index (χ3v) is 5.46. The zero-order chi connectivity index (χ0) is 17.9. The summed E-state index contributed by atoms with van der Waals surface area (Å²) in [7, 11) is -3.70. The van der Waals surface area contributed by atoms with E-state index in [2.05, 4.69) is 10.0 Å². The van der Waals surface area contributed by atoms with Gasteiger partial charge in [0.1, 0.15) is 5.82 Å². The lowest BCUT2D eigenvalue weighted by Crippen LogP contribution is -2.27. The molecule has 2 aromatic rings. The molecule has 1 fully saturated rings. The molecule has 7 heteroatoms. The summed E-state index contributed by atoms with van der Waals surface area (Å²) in [5, 5.41) is 2.85. The largest absolute Gasteiger partial charge is 0.349 e. The molecular weight excluding hydrogens is 343 g/mol. The molecule has 0 bridgehead atoms. The highest BCUT2D eigenvalue weighted by atomic mass is 32.2. The molecular formula is C18H19FN2O3S.